The Hall–Kier alpha value is -7.76. The molecule has 0 radical (unpaired) electrons. The van der Waals surface area contributed by atoms with Crippen LogP contribution >= 0.6 is 18.5 Å². The topological polar surface area (TPSA) is 59.0 Å². The normalized spacial score (nSPS) is 17.1. The summed E-state index contributed by atoms with van der Waals surface area (Å²) in [6.45, 7) is 0. The Kier molecular flexibility index (Phi) is 8.51. The monoisotopic (exact) mass is 868 g/mol. The van der Waals surface area contributed by atoms with Crippen molar-refractivity contribution in [2.75, 3.05) is 4.90 Å². The van der Waals surface area contributed by atoms with E-state index in [0.29, 0.717) is 17.5 Å². The second kappa shape index (κ2) is 14.6. The summed E-state index contributed by atoms with van der Waals surface area (Å²) in [5, 5.41) is 4.91. The first kappa shape index (κ1) is 37.8. The van der Waals surface area contributed by atoms with Gasteiger partial charge in [0, 0.05) is 58.5 Å². The molecule has 5 nitrogen and oxygen atoms in total. The van der Waals surface area contributed by atoms with Gasteiger partial charge in [-0.2, -0.15) is 0 Å². The van der Waals surface area contributed by atoms with Crippen molar-refractivity contribution in [2.45, 2.75) is 5.41 Å². The Balaban J connectivity index is 1.16. The maximum Gasteiger partial charge on any atom is 0.171 e. The van der Waals surface area contributed by atoms with E-state index in [1.165, 1.54) is 10.1 Å². The van der Waals surface area contributed by atoms with Crippen molar-refractivity contribution in [1.29, 1.82) is 0 Å². The van der Waals surface area contributed by atoms with Gasteiger partial charge in [-0.15, -0.1) is 11.3 Å². The van der Waals surface area contributed by atoms with Crippen LogP contribution in [0, 0.1) is 0 Å². The Bertz CT molecular complexity index is 3650. The molecule has 0 saturated carbocycles. The number of para-hydroxylation sites is 2. The molecule has 2 atom stereocenters. The molecule has 7 heteroatoms. The van der Waals surface area contributed by atoms with Crippen LogP contribution in [0.5, 0.6) is 0 Å². The van der Waals surface area contributed by atoms with Crippen molar-refractivity contribution >= 4 is 71.6 Å². The molecule has 2 aliphatic rings. The molecule has 0 amide bonds. The minimum atomic E-state index is -3.44. The Labute approximate surface area is 380 Å². The third-order valence-corrected chi connectivity index (χ3v) is 17.4. The molecule has 2 aromatic heterocycles. The average molecular weight is 869 g/mol. The van der Waals surface area contributed by atoms with Crippen LogP contribution in [0.15, 0.2) is 224 Å². The van der Waals surface area contributed by atoms with Gasteiger partial charge in [-0.1, -0.05) is 182 Å². The number of thiophene rings is 1. The summed E-state index contributed by atoms with van der Waals surface area (Å²) in [6, 6.07) is 78.2. The third-order valence-electron chi connectivity index (χ3n) is 13.2. The van der Waals surface area contributed by atoms with E-state index >= 15 is 4.57 Å². The van der Waals surface area contributed by atoms with E-state index < -0.39 is 12.6 Å². The molecule has 2 unspecified atom stereocenters. The van der Waals surface area contributed by atoms with E-state index in [1.807, 2.05) is 91.0 Å². The summed E-state index contributed by atoms with van der Waals surface area (Å²) in [5.74, 6) is 1.78. The molecule has 0 aliphatic carbocycles. The SMILES string of the molecule is O=P1(c2ccccc2)c2ccccc2C2(c3ccccc3N(c3ccccc3)c3cc(-c4nc(-c5ccccc5)nc(-c5ccccc5)n4)ccc32)c2cc3c(cc21)sc1ccccc13. The molecule has 0 fully saturated rings. The van der Waals surface area contributed by atoms with Gasteiger partial charge < -0.3 is 9.46 Å². The van der Waals surface area contributed by atoms with Gasteiger partial charge in [0.25, 0.3) is 0 Å². The lowest BCUT2D eigenvalue weighted by Crippen LogP contribution is -2.49. The first-order valence-corrected chi connectivity index (χ1v) is 24.3. The van der Waals surface area contributed by atoms with E-state index in [0.717, 1.165) is 82.0 Å². The number of anilines is 3. The Morgan fingerprint density at radius 1 is 0.400 bits per heavy atom. The number of benzene rings is 9. The highest BCUT2D eigenvalue weighted by Crippen LogP contribution is 2.63. The first-order valence-electron chi connectivity index (χ1n) is 21.8. The van der Waals surface area contributed by atoms with Gasteiger partial charge in [-0.25, -0.2) is 15.0 Å². The lowest BCUT2D eigenvalue weighted by atomic mass is 9.62. The number of hydrogen-bond acceptors (Lipinski definition) is 6. The summed E-state index contributed by atoms with van der Waals surface area (Å²) in [6.07, 6.45) is 0. The number of rotatable bonds is 5. The smallest absolute Gasteiger partial charge is 0.171 e. The lowest BCUT2D eigenvalue weighted by molar-refractivity contribution is 0.590. The second-order valence-corrected chi connectivity index (χ2v) is 20.4. The van der Waals surface area contributed by atoms with E-state index in [1.54, 1.807) is 11.3 Å². The molecule has 0 saturated heterocycles. The standard InChI is InChI=1S/C58H37N4OPS/c63-64(42-25-11-4-12-26-42)51-31-17-15-29-47(51)58(48-36-44-43-27-13-18-32-53(43)65-54(44)37-52(48)64)45-28-14-16-30-49(45)62(41-23-9-3-10-24-41)50-35-40(33-34-46(50)58)57-60-55(38-19-5-1-6-20-38)59-56(61-57)39-21-7-2-8-22-39/h1-37H. The summed E-state index contributed by atoms with van der Waals surface area (Å²) in [7, 11) is -3.44. The molecule has 306 valence electrons. The van der Waals surface area contributed by atoms with Gasteiger partial charge in [0.05, 0.1) is 16.8 Å². The van der Waals surface area contributed by atoms with Gasteiger partial charge in [0.2, 0.25) is 0 Å². The predicted molar refractivity (Wildman–Crippen MR) is 269 cm³/mol. The maximum absolute atomic E-state index is 16.8. The van der Waals surface area contributed by atoms with Crippen LogP contribution in [0.1, 0.15) is 22.3 Å². The van der Waals surface area contributed by atoms with Crippen molar-refractivity contribution < 1.29 is 4.57 Å². The largest absolute Gasteiger partial charge is 0.310 e. The Morgan fingerprint density at radius 2 is 0.954 bits per heavy atom. The molecule has 9 aromatic carbocycles. The minimum absolute atomic E-state index is 0.575. The highest BCUT2D eigenvalue weighted by Gasteiger charge is 2.55. The van der Waals surface area contributed by atoms with Crippen LogP contribution in [0.25, 0.3) is 54.3 Å². The van der Waals surface area contributed by atoms with Crippen molar-refractivity contribution in [2.24, 2.45) is 0 Å². The van der Waals surface area contributed by atoms with Crippen LogP contribution in [-0.2, 0) is 9.98 Å². The molecular formula is C58H37N4OPS. The lowest BCUT2D eigenvalue weighted by Gasteiger charge is -2.50. The molecule has 11 aromatic rings. The molecule has 65 heavy (non-hydrogen) atoms. The molecular weight excluding hydrogens is 832 g/mol. The highest BCUT2D eigenvalue weighted by atomic mass is 32.1. The van der Waals surface area contributed by atoms with Gasteiger partial charge >= 0.3 is 0 Å². The quantitative estimate of drug-likeness (QED) is 0.161. The fourth-order valence-electron chi connectivity index (χ4n) is 10.4. The van der Waals surface area contributed by atoms with Crippen LogP contribution in [0.2, 0.25) is 0 Å². The van der Waals surface area contributed by atoms with E-state index in [4.69, 9.17) is 15.0 Å². The fraction of sp³-hybridized carbons (Fsp3) is 0.0172. The highest BCUT2D eigenvalue weighted by molar-refractivity contribution is 7.85. The van der Waals surface area contributed by atoms with E-state index in [2.05, 4.69) is 138 Å². The molecule has 4 heterocycles. The molecule has 0 bridgehead atoms. The third kappa shape index (κ3) is 5.58. The number of hydrogen-bond donors (Lipinski definition) is 0. The van der Waals surface area contributed by atoms with Crippen molar-refractivity contribution in [3.8, 4) is 34.2 Å². The number of fused-ring (bicyclic) bond motifs is 11. The van der Waals surface area contributed by atoms with Gasteiger partial charge in [0.1, 0.15) is 0 Å². The summed E-state index contributed by atoms with van der Waals surface area (Å²) in [5.41, 5.74) is 9.11. The van der Waals surface area contributed by atoms with Crippen molar-refractivity contribution in [3.63, 3.8) is 0 Å². The van der Waals surface area contributed by atoms with Crippen LogP contribution in [0.3, 0.4) is 0 Å². The molecule has 13 rings (SSSR count). The van der Waals surface area contributed by atoms with Crippen molar-refractivity contribution in [3.05, 3.63) is 247 Å². The average Bonchev–Trinajstić information content (AvgIpc) is 3.75. The molecule has 1 spiro atoms. The molecule has 0 N–H and O–H groups in total. The van der Waals surface area contributed by atoms with Gasteiger partial charge in [0.15, 0.2) is 24.6 Å². The zero-order chi connectivity index (χ0) is 43.1. The van der Waals surface area contributed by atoms with Gasteiger partial charge in [-0.3, -0.25) is 0 Å². The first-order chi connectivity index (χ1) is 32.1. The van der Waals surface area contributed by atoms with Crippen LogP contribution in [-0.4, -0.2) is 15.0 Å². The van der Waals surface area contributed by atoms with Crippen LogP contribution < -0.4 is 20.8 Å². The maximum atomic E-state index is 16.8. The fourth-order valence-corrected chi connectivity index (χ4v) is 14.8. The summed E-state index contributed by atoms with van der Waals surface area (Å²) < 4.78 is 19.1. The second-order valence-electron chi connectivity index (χ2n) is 16.6. The zero-order valence-corrected chi connectivity index (χ0v) is 36.6. The minimum Gasteiger partial charge on any atom is -0.310 e. The van der Waals surface area contributed by atoms with E-state index in [-0.39, 0.29) is 0 Å². The van der Waals surface area contributed by atoms with Crippen LogP contribution in [0.4, 0.5) is 17.1 Å². The molecule has 2 aliphatic heterocycles. The Morgan fingerprint density at radius 3 is 1.66 bits per heavy atom. The zero-order valence-electron chi connectivity index (χ0n) is 34.9. The predicted octanol–water partition coefficient (Wildman–Crippen LogP) is 13.4. The number of nitrogens with zero attached hydrogens (tertiary/aromatic N) is 4. The van der Waals surface area contributed by atoms with E-state index in [9.17, 15) is 0 Å². The summed E-state index contributed by atoms with van der Waals surface area (Å²) >= 11 is 1.77. The van der Waals surface area contributed by atoms with Crippen molar-refractivity contribution in [1.82, 2.24) is 15.0 Å². The summed E-state index contributed by atoms with van der Waals surface area (Å²) in [4.78, 5) is 17.8. The number of aromatic nitrogens is 3. The van der Waals surface area contributed by atoms with Gasteiger partial charge in [-0.05, 0) is 64.7 Å².